The molecule has 0 radical (unpaired) electrons. The summed E-state index contributed by atoms with van der Waals surface area (Å²) in [6.07, 6.45) is 7.10. The molecule has 1 heterocycles. The van der Waals surface area contributed by atoms with Crippen LogP contribution in [0.1, 0.15) is 39.0 Å². The zero-order valence-electron chi connectivity index (χ0n) is 7.88. The van der Waals surface area contributed by atoms with E-state index in [0.717, 1.165) is 17.3 Å². The third kappa shape index (κ3) is 1.80. The zero-order chi connectivity index (χ0) is 8.39. The summed E-state index contributed by atoms with van der Waals surface area (Å²) in [6, 6.07) is 1.65. The highest BCUT2D eigenvalue weighted by Gasteiger charge is 2.31. The van der Waals surface area contributed by atoms with Crippen molar-refractivity contribution in [2.45, 2.75) is 56.4 Å². The van der Waals surface area contributed by atoms with Gasteiger partial charge >= 0.3 is 0 Å². The van der Waals surface area contributed by atoms with Crippen LogP contribution in [0, 0.1) is 0 Å². The Kier molecular flexibility index (Phi) is 2.97. The molecule has 0 amide bonds. The van der Waals surface area contributed by atoms with E-state index in [1.165, 1.54) is 37.9 Å². The molecule has 2 aliphatic rings. The number of hydrogen-bond acceptors (Lipinski definition) is 2. The van der Waals surface area contributed by atoms with Crippen molar-refractivity contribution in [2.24, 2.45) is 0 Å². The molecular formula is C10H19NS. The van der Waals surface area contributed by atoms with Crippen molar-refractivity contribution in [3.63, 3.8) is 0 Å². The van der Waals surface area contributed by atoms with Crippen molar-refractivity contribution in [1.82, 2.24) is 5.32 Å². The van der Waals surface area contributed by atoms with E-state index in [1.54, 1.807) is 0 Å². The van der Waals surface area contributed by atoms with Crippen molar-refractivity contribution < 1.29 is 0 Å². The fourth-order valence-electron chi connectivity index (χ4n) is 2.31. The molecule has 1 aliphatic carbocycles. The van der Waals surface area contributed by atoms with Gasteiger partial charge in [-0.05, 0) is 19.3 Å². The summed E-state index contributed by atoms with van der Waals surface area (Å²) in [5, 5.41) is 4.73. The van der Waals surface area contributed by atoms with Gasteiger partial charge in [0.15, 0.2) is 0 Å². The molecule has 1 aliphatic heterocycles. The van der Waals surface area contributed by atoms with Gasteiger partial charge in [0, 0.05) is 23.1 Å². The Hall–Kier alpha value is 0.310. The Labute approximate surface area is 79.7 Å². The topological polar surface area (TPSA) is 12.0 Å². The maximum Gasteiger partial charge on any atom is 0.0201 e. The van der Waals surface area contributed by atoms with Crippen molar-refractivity contribution in [1.29, 1.82) is 0 Å². The molecule has 0 bridgehead atoms. The van der Waals surface area contributed by atoms with Crippen molar-refractivity contribution >= 4 is 11.8 Å². The van der Waals surface area contributed by atoms with Crippen LogP contribution in [0.2, 0.25) is 0 Å². The molecule has 2 heteroatoms. The summed E-state index contributed by atoms with van der Waals surface area (Å²) in [7, 11) is 0. The average Bonchev–Trinajstić information content (AvgIpc) is 2.17. The zero-order valence-corrected chi connectivity index (χ0v) is 8.70. The summed E-state index contributed by atoms with van der Waals surface area (Å²) in [6.45, 7) is 2.29. The minimum atomic E-state index is 0.800. The largest absolute Gasteiger partial charge is 0.309 e. The first kappa shape index (κ1) is 8.89. The Morgan fingerprint density at radius 3 is 3.00 bits per heavy atom. The van der Waals surface area contributed by atoms with Gasteiger partial charge in [0.25, 0.3) is 0 Å². The fraction of sp³-hybridized carbons (Fsp3) is 1.00. The van der Waals surface area contributed by atoms with Crippen LogP contribution in [0.15, 0.2) is 0 Å². The summed E-state index contributed by atoms with van der Waals surface area (Å²) in [5.41, 5.74) is 0. The van der Waals surface area contributed by atoms with Gasteiger partial charge in [-0.15, -0.1) is 0 Å². The maximum absolute atomic E-state index is 3.78. The van der Waals surface area contributed by atoms with Gasteiger partial charge in [-0.3, -0.25) is 0 Å². The summed E-state index contributed by atoms with van der Waals surface area (Å²) < 4.78 is 0. The van der Waals surface area contributed by atoms with Gasteiger partial charge in [0.2, 0.25) is 0 Å². The van der Waals surface area contributed by atoms with E-state index in [9.17, 15) is 0 Å². The lowest BCUT2D eigenvalue weighted by Crippen LogP contribution is -2.51. The van der Waals surface area contributed by atoms with Gasteiger partial charge in [0.1, 0.15) is 0 Å². The van der Waals surface area contributed by atoms with Crippen LogP contribution in [0.5, 0.6) is 0 Å². The first-order valence-corrected chi connectivity index (χ1v) is 6.32. The third-order valence-corrected chi connectivity index (χ3v) is 4.74. The molecule has 1 saturated heterocycles. The van der Waals surface area contributed by atoms with Crippen LogP contribution in [-0.4, -0.2) is 23.1 Å². The molecule has 70 valence electrons. The van der Waals surface area contributed by atoms with Crippen molar-refractivity contribution in [3.8, 4) is 0 Å². The lowest BCUT2D eigenvalue weighted by atomic mass is 9.94. The molecule has 1 N–H and O–H groups in total. The number of hydrogen-bond donors (Lipinski definition) is 1. The molecule has 0 aromatic rings. The van der Waals surface area contributed by atoms with Crippen LogP contribution in [0.25, 0.3) is 0 Å². The second-order valence-corrected chi connectivity index (χ2v) is 5.31. The smallest absolute Gasteiger partial charge is 0.0201 e. The van der Waals surface area contributed by atoms with E-state index in [1.807, 2.05) is 0 Å². The molecule has 0 aromatic carbocycles. The quantitative estimate of drug-likeness (QED) is 0.673. The van der Waals surface area contributed by atoms with E-state index in [-0.39, 0.29) is 0 Å². The highest BCUT2D eigenvalue weighted by atomic mass is 32.2. The molecule has 0 aromatic heterocycles. The molecular weight excluding hydrogens is 166 g/mol. The first-order chi connectivity index (χ1) is 5.90. The lowest BCUT2D eigenvalue weighted by molar-refractivity contribution is 0.339. The van der Waals surface area contributed by atoms with E-state index in [0.29, 0.717) is 0 Å². The van der Waals surface area contributed by atoms with E-state index >= 15 is 0 Å². The van der Waals surface area contributed by atoms with Crippen LogP contribution in [-0.2, 0) is 0 Å². The average molecular weight is 185 g/mol. The monoisotopic (exact) mass is 185 g/mol. The summed E-state index contributed by atoms with van der Waals surface area (Å²) in [4.78, 5) is 0. The minimum absolute atomic E-state index is 0.800. The Bertz CT molecular complexity index is 149. The van der Waals surface area contributed by atoms with E-state index in [2.05, 4.69) is 24.0 Å². The number of nitrogens with one attached hydrogen (secondary N) is 1. The summed E-state index contributed by atoms with van der Waals surface area (Å²) >= 11 is 2.22. The maximum atomic E-state index is 3.78. The van der Waals surface area contributed by atoms with Crippen LogP contribution < -0.4 is 5.32 Å². The highest BCUT2D eigenvalue weighted by molar-refractivity contribution is 8.00. The molecule has 1 nitrogen and oxygen atoms in total. The third-order valence-electron chi connectivity index (χ3n) is 3.16. The minimum Gasteiger partial charge on any atom is -0.309 e. The number of thioether (sulfide) groups is 1. The van der Waals surface area contributed by atoms with E-state index in [4.69, 9.17) is 0 Å². The van der Waals surface area contributed by atoms with Crippen molar-refractivity contribution in [3.05, 3.63) is 0 Å². The van der Waals surface area contributed by atoms with Crippen molar-refractivity contribution in [2.75, 3.05) is 5.75 Å². The Morgan fingerprint density at radius 1 is 1.33 bits per heavy atom. The van der Waals surface area contributed by atoms with Gasteiger partial charge < -0.3 is 5.32 Å². The van der Waals surface area contributed by atoms with Crippen LogP contribution >= 0.6 is 11.8 Å². The standard InChI is InChI=1S/C10H19NS/c1-2-8-7-12-10-6-4-3-5-9(10)11-8/h8-11H,2-7H2,1H3. The Balaban J connectivity index is 1.90. The highest BCUT2D eigenvalue weighted by Crippen LogP contribution is 2.33. The van der Waals surface area contributed by atoms with E-state index < -0.39 is 0 Å². The number of rotatable bonds is 1. The van der Waals surface area contributed by atoms with Crippen LogP contribution in [0.4, 0.5) is 0 Å². The van der Waals surface area contributed by atoms with Gasteiger partial charge in [-0.1, -0.05) is 19.8 Å². The Morgan fingerprint density at radius 2 is 2.17 bits per heavy atom. The molecule has 1 saturated carbocycles. The van der Waals surface area contributed by atoms with Crippen LogP contribution in [0.3, 0.4) is 0 Å². The molecule has 2 rings (SSSR count). The normalized spacial score (nSPS) is 42.2. The molecule has 0 spiro atoms. The predicted molar refractivity (Wildman–Crippen MR) is 55.7 cm³/mol. The molecule has 2 fully saturated rings. The number of fused-ring (bicyclic) bond motifs is 1. The predicted octanol–water partition coefficient (Wildman–Crippen LogP) is 2.41. The van der Waals surface area contributed by atoms with Gasteiger partial charge in [-0.25, -0.2) is 0 Å². The summed E-state index contributed by atoms with van der Waals surface area (Å²) in [5.74, 6) is 1.34. The second kappa shape index (κ2) is 4.01. The molecule has 3 unspecified atom stereocenters. The second-order valence-electron chi connectivity index (χ2n) is 4.03. The SMILES string of the molecule is CCC1CSC2CCCCC2N1. The fourth-order valence-corrected chi connectivity index (χ4v) is 3.91. The lowest BCUT2D eigenvalue weighted by Gasteiger charge is -2.39. The van der Waals surface area contributed by atoms with Gasteiger partial charge in [-0.2, -0.15) is 11.8 Å². The molecule has 3 atom stereocenters. The van der Waals surface area contributed by atoms with Gasteiger partial charge in [0.05, 0.1) is 0 Å². The first-order valence-electron chi connectivity index (χ1n) is 5.28. The molecule has 12 heavy (non-hydrogen) atoms.